The molecule has 0 aliphatic carbocycles. The molecular formula is C20H22Cl4N6O. The molecule has 4 rings (SSSR count). The molecule has 0 aliphatic rings. The smallest absolute Gasteiger partial charge is 0.158 e. The number of rotatable bonds is 6. The third kappa shape index (κ3) is 6.06. The van der Waals surface area contributed by atoms with Crippen LogP contribution >= 0.6 is 48.8 Å². The number of aromatic nitrogens is 3. The molecule has 11 heteroatoms. The van der Waals surface area contributed by atoms with E-state index in [0.717, 1.165) is 16.7 Å². The van der Waals surface area contributed by atoms with Crippen LogP contribution in [-0.2, 0) is 6.54 Å². The van der Waals surface area contributed by atoms with Crippen LogP contribution in [0.25, 0.3) is 11.0 Å². The van der Waals surface area contributed by atoms with Crippen molar-refractivity contribution in [1.29, 1.82) is 0 Å². The van der Waals surface area contributed by atoms with Crippen molar-refractivity contribution in [1.82, 2.24) is 14.5 Å². The number of benzene rings is 2. The van der Waals surface area contributed by atoms with Crippen LogP contribution in [0.3, 0.4) is 0 Å². The maximum Gasteiger partial charge on any atom is 0.158 e. The SMILES string of the molecule is Cl.Cl.Cl.NCCn1ccc2ncnc(Nc3ccc(Oc4cccc(N)c4)c(Cl)c3)c21. The fourth-order valence-electron chi connectivity index (χ4n) is 2.95. The van der Waals surface area contributed by atoms with Gasteiger partial charge < -0.3 is 26.1 Å². The highest BCUT2D eigenvalue weighted by Gasteiger charge is 2.11. The quantitative estimate of drug-likeness (QED) is 0.303. The van der Waals surface area contributed by atoms with E-state index in [1.54, 1.807) is 24.3 Å². The van der Waals surface area contributed by atoms with E-state index in [2.05, 4.69) is 15.3 Å². The Kier molecular flexibility index (Phi) is 10.2. The first-order chi connectivity index (χ1) is 13.6. The van der Waals surface area contributed by atoms with Gasteiger partial charge in [-0.3, -0.25) is 0 Å². The van der Waals surface area contributed by atoms with Crippen molar-refractivity contribution in [2.24, 2.45) is 5.73 Å². The number of hydrogen-bond donors (Lipinski definition) is 3. The number of halogens is 4. The zero-order chi connectivity index (χ0) is 19.5. The molecule has 5 N–H and O–H groups in total. The lowest BCUT2D eigenvalue weighted by Crippen LogP contribution is -2.10. The predicted molar refractivity (Wildman–Crippen MR) is 134 cm³/mol. The van der Waals surface area contributed by atoms with Crippen LogP contribution in [0.2, 0.25) is 5.02 Å². The van der Waals surface area contributed by atoms with Gasteiger partial charge in [0.1, 0.15) is 23.3 Å². The van der Waals surface area contributed by atoms with Gasteiger partial charge in [-0.15, -0.1) is 37.2 Å². The van der Waals surface area contributed by atoms with E-state index in [9.17, 15) is 0 Å². The Hall–Kier alpha value is -2.42. The minimum absolute atomic E-state index is 0. The van der Waals surface area contributed by atoms with Gasteiger partial charge in [0.25, 0.3) is 0 Å². The summed E-state index contributed by atoms with van der Waals surface area (Å²) in [6, 6.07) is 14.6. The van der Waals surface area contributed by atoms with Crippen molar-refractivity contribution in [2.75, 3.05) is 17.6 Å². The first-order valence-corrected chi connectivity index (χ1v) is 9.12. The fourth-order valence-corrected chi connectivity index (χ4v) is 3.17. The molecule has 7 nitrogen and oxygen atoms in total. The summed E-state index contributed by atoms with van der Waals surface area (Å²) in [5.74, 6) is 1.85. The monoisotopic (exact) mass is 502 g/mol. The summed E-state index contributed by atoms with van der Waals surface area (Å²) >= 11 is 6.41. The number of ether oxygens (including phenoxy) is 1. The number of nitrogens with one attached hydrogen (secondary N) is 1. The topological polar surface area (TPSA) is 104 Å². The Morgan fingerprint density at radius 3 is 2.55 bits per heavy atom. The molecule has 0 spiro atoms. The third-order valence-electron chi connectivity index (χ3n) is 4.20. The Labute approximate surface area is 203 Å². The molecular weight excluding hydrogens is 482 g/mol. The largest absolute Gasteiger partial charge is 0.456 e. The van der Waals surface area contributed by atoms with Crippen molar-refractivity contribution in [3.63, 3.8) is 0 Å². The van der Waals surface area contributed by atoms with Crippen LogP contribution in [0, 0.1) is 0 Å². The highest BCUT2D eigenvalue weighted by atomic mass is 35.5. The van der Waals surface area contributed by atoms with E-state index in [1.165, 1.54) is 6.33 Å². The summed E-state index contributed by atoms with van der Waals surface area (Å²) < 4.78 is 7.85. The van der Waals surface area contributed by atoms with Crippen LogP contribution in [-0.4, -0.2) is 21.1 Å². The van der Waals surface area contributed by atoms with Gasteiger partial charge in [0, 0.05) is 36.7 Å². The van der Waals surface area contributed by atoms with E-state index in [0.29, 0.717) is 41.1 Å². The first kappa shape index (κ1) is 26.6. The second-order valence-corrected chi connectivity index (χ2v) is 6.61. The van der Waals surface area contributed by atoms with Crippen molar-refractivity contribution in [2.45, 2.75) is 6.54 Å². The van der Waals surface area contributed by atoms with E-state index in [4.69, 9.17) is 27.8 Å². The Bertz CT molecular complexity index is 1140. The maximum atomic E-state index is 6.41. The van der Waals surface area contributed by atoms with Crippen molar-refractivity contribution >= 4 is 77.0 Å². The van der Waals surface area contributed by atoms with Crippen molar-refractivity contribution < 1.29 is 4.74 Å². The molecule has 2 aromatic heterocycles. The van der Waals surface area contributed by atoms with E-state index >= 15 is 0 Å². The summed E-state index contributed by atoms with van der Waals surface area (Å²) in [6.45, 7) is 1.21. The van der Waals surface area contributed by atoms with Gasteiger partial charge in [-0.2, -0.15) is 0 Å². The summed E-state index contributed by atoms with van der Waals surface area (Å²) in [4.78, 5) is 8.68. The average Bonchev–Trinajstić information content (AvgIpc) is 3.09. The normalized spacial score (nSPS) is 9.87. The first-order valence-electron chi connectivity index (χ1n) is 8.74. The summed E-state index contributed by atoms with van der Waals surface area (Å²) in [6.07, 6.45) is 3.48. The zero-order valence-electron chi connectivity index (χ0n) is 16.2. The van der Waals surface area contributed by atoms with Crippen molar-refractivity contribution in [3.8, 4) is 11.5 Å². The second kappa shape index (κ2) is 11.8. The number of nitrogens with zero attached hydrogens (tertiary/aromatic N) is 3. The van der Waals surface area contributed by atoms with Gasteiger partial charge in [0.05, 0.1) is 10.5 Å². The van der Waals surface area contributed by atoms with Gasteiger partial charge in [-0.25, -0.2) is 9.97 Å². The molecule has 0 unspecified atom stereocenters. The molecule has 0 aliphatic heterocycles. The summed E-state index contributed by atoms with van der Waals surface area (Å²) in [5, 5.41) is 3.77. The molecule has 2 aromatic carbocycles. The Balaban J connectivity index is 0.00000160. The Morgan fingerprint density at radius 2 is 1.84 bits per heavy atom. The number of hydrogen-bond acceptors (Lipinski definition) is 6. The standard InChI is InChI=1S/C20H19ClN6O.3ClH/c21-16-11-14(4-5-18(16)28-15-3-1-2-13(23)10-15)26-20-19-17(24-12-25-20)6-8-27(19)9-7-22;;;/h1-6,8,10-12H,7,9,22-23H2,(H,24,25,26);3*1H. The highest BCUT2D eigenvalue weighted by molar-refractivity contribution is 6.32. The van der Waals surface area contributed by atoms with Gasteiger partial charge in [0.2, 0.25) is 0 Å². The van der Waals surface area contributed by atoms with Crippen LogP contribution in [0.15, 0.2) is 61.1 Å². The van der Waals surface area contributed by atoms with Crippen LogP contribution in [0.5, 0.6) is 11.5 Å². The molecule has 0 saturated heterocycles. The van der Waals surface area contributed by atoms with Gasteiger partial charge in [-0.1, -0.05) is 17.7 Å². The second-order valence-electron chi connectivity index (χ2n) is 6.20. The molecule has 0 bridgehead atoms. The maximum absolute atomic E-state index is 6.41. The molecule has 0 saturated carbocycles. The molecule has 166 valence electrons. The van der Waals surface area contributed by atoms with Crippen LogP contribution in [0.1, 0.15) is 0 Å². The molecule has 0 atom stereocenters. The van der Waals surface area contributed by atoms with Gasteiger partial charge in [-0.05, 0) is 36.4 Å². The lowest BCUT2D eigenvalue weighted by atomic mass is 10.2. The number of nitrogens with two attached hydrogens (primary N) is 2. The molecule has 2 heterocycles. The van der Waals surface area contributed by atoms with E-state index in [1.807, 2.05) is 35.0 Å². The van der Waals surface area contributed by atoms with E-state index < -0.39 is 0 Å². The average molecular weight is 504 g/mol. The van der Waals surface area contributed by atoms with Gasteiger partial charge in [0.15, 0.2) is 5.82 Å². The minimum Gasteiger partial charge on any atom is -0.456 e. The number of anilines is 3. The molecule has 4 aromatic rings. The van der Waals surface area contributed by atoms with E-state index in [-0.39, 0.29) is 37.2 Å². The molecule has 31 heavy (non-hydrogen) atoms. The minimum atomic E-state index is 0. The lowest BCUT2D eigenvalue weighted by Gasteiger charge is -2.12. The summed E-state index contributed by atoms with van der Waals surface area (Å²) in [5.41, 5.74) is 14.6. The molecule has 0 amide bonds. The van der Waals surface area contributed by atoms with Crippen LogP contribution < -0.4 is 21.5 Å². The fraction of sp³-hybridized carbons (Fsp3) is 0.100. The highest BCUT2D eigenvalue weighted by Crippen LogP contribution is 2.33. The molecule has 0 fully saturated rings. The Morgan fingerprint density at radius 1 is 1.03 bits per heavy atom. The third-order valence-corrected chi connectivity index (χ3v) is 4.50. The van der Waals surface area contributed by atoms with Gasteiger partial charge >= 0.3 is 0 Å². The van der Waals surface area contributed by atoms with Crippen LogP contribution in [0.4, 0.5) is 17.2 Å². The lowest BCUT2D eigenvalue weighted by molar-refractivity contribution is 0.483. The zero-order valence-corrected chi connectivity index (χ0v) is 19.4. The number of fused-ring (bicyclic) bond motifs is 1. The summed E-state index contributed by atoms with van der Waals surface area (Å²) in [7, 11) is 0. The molecule has 0 radical (unpaired) electrons. The van der Waals surface area contributed by atoms with Crippen molar-refractivity contribution in [3.05, 3.63) is 66.1 Å². The predicted octanol–water partition coefficient (Wildman–Crippen LogP) is 5.43. The number of nitrogen functional groups attached to an aromatic ring is 1.